The van der Waals surface area contributed by atoms with E-state index in [4.69, 9.17) is 9.84 Å². The molecule has 3 aromatic carbocycles. The monoisotopic (exact) mass is 360 g/mol. The largest absolute Gasteiger partial charge is 0.478 e. The second-order valence-electron chi connectivity index (χ2n) is 7.02. The van der Waals surface area contributed by atoms with Crippen molar-refractivity contribution in [2.45, 2.75) is 31.6 Å². The summed E-state index contributed by atoms with van der Waals surface area (Å²) in [5, 5.41) is 11.1. The van der Waals surface area contributed by atoms with Gasteiger partial charge in [-0.2, -0.15) is 0 Å². The zero-order chi connectivity index (χ0) is 18.8. The highest BCUT2D eigenvalue weighted by atomic mass is 16.5. The van der Waals surface area contributed by atoms with Crippen LogP contribution in [0.25, 0.3) is 10.8 Å². The summed E-state index contributed by atoms with van der Waals surface area (Å²) in [7, 11) is 0. The van der Waals surface area contributed by atoms with Gasteiger partial charge in [-0.3, -0.25) is 0 Å². The van der Waals surface area contributed by atoms with Crippen molar-refractivity contribution in [2.75, 3.05) is 0 Å². The van der Waals surface area contributed by atoms with Crippen molar-refractivity contribution in [3.63, 3.8) is 0 Å². The number of aromatic carboxylic acids is 1. The molecule has 4 rings (SSSR count). The Bertz CT molecular complexity index is 999. The molecule has 0 atom stereocenters. The molecule has 4 heteroatoms. The van der Waals surface area contributed by atoms with E-state index in [1.165, 1.54) is 55.5 Å². The predicted molar refractivity (Wildman–Crippen MR) is 104 cm³/mol. The van der Waals surface area contributed by atoms with Crippen LogP contribution in [0, 0.1) is 0 Å². The highest BCUT2D eigenvalue weighted by Gasteiger charge is 2.17. The van der Waals surface area contributed by atoms with Crippen LogP contribution in [0.1, 0.15) is 57.9 Å². The molecule has 0 aromatic heterocycles. The molecule has 0 aliphatic heterocycles. The third kappa shape index (κ3) is 3.70. The number of carbonyl (C=O) groups is 2. The molecule has 3 aromatic rings. The smallest absolute Gasteiger partial charge is 0.343 e. The Morgan fingerprint density at radius 2 is 1.44 bits per heavy atom. The summed E-state index contributed by atoms with van der Waals surface area (Å²) in [6.07, 6.45) is 5.13. The first-order valence-corrected chi connectivity index (χ1v) is 9.19. The summed E-state index contributed by atoms with van der Waals surface area (Å²) in [4.78, 5) is 23.3. The van der Waals surface area contributed by atoms with Crippen molar-refractivity contribution in [1.82, 2.24) is 0 Å². The second-order valence-corrected chi connectivity index (χ2v) is 7.02. The summed E-state index contributed by atoms with van der Waals surface area (Å²) >= 11 is 0. The van der Waals surface area contributed by atoms with Crippen molar-refractivity contribution >= 4 is 22.7 Å². The molecular weight excluding hydrogens is 340 g/mol. The van der Waals surface area contributed by atoms with Crippen LogP contribution in [-0.2, 0) is 0 Å². The lowest BCUT2D eigenvalue weighted by atomic mass is 9.94. The summed E-state index contributed by atoms with van der Waals surface area (Å²) in [6, 6.07) is 17.8. The summed E-state index contributed by atoms with van der Waals surface area (Å²) < 4.78 is 5.36. The van der Waals surface area contributed by atoms with Crippen LogP contribution < -0.4 is 4.74 Å². The number of rotatable bonds is 4. The van der Waals surface area contributed by atoms with Crippen LogP contribution in [0.3, 0.4) is 0 Å². The first-order valence-electron chi connectivity index (χ1n) is 9.19. The topological polar surface area (TPSA) is 63.6 Å². The number of hydrogen-bond acceptors (Lipinski definition) is 3. The zero-order valence-electron chi connectivity index (χ0n) is 14.9. The first-order chi connectivity index (χ1) is 13.1. The fourth-order valence-electron chi connectivity index (χ4n) is 3.74. The average Bonchev–Trinajstić information content (AvgIpc) is 3.22. The number of carbonyl (C=O) groups excluding carboxylic acids is 1. The SMILES string of the molecule is O=C(O)c1ccc(OC(=O)c2ccc3cc(C4CCCC4)ccc3c2)cc1. The number of carboxylic acid groups (broad SMARTS) is 1. The number of carboxylic acids is 1. The molecule has 0 heterocycles. The maximum Gasteiger partial charge on any atom is 0.343 e. The third-order valence-corrected chi connectivity index (χ3v) is 5.24. The van der Waals surface area contributed by atoms with E-state index in [1.54, 1.807) is 6.07 Å². The van der Waals surface area contributed by atoms with Gasteiger partial charge in [-0.05, 0) is 71.5 Å². The molecule has 136 valence electrons. The number of fused-ring (bicyclic) bond motifs is 1. The van der Waals surface area contributed by atoms with Gasteiger partial charge in [0.2, 0.25) is 0 Å². The molecule has 27 heavy (non-hydrogen) atoms. The molecule has 0 bridgehead atoms. The van der Waals surface area contributed by atoms with Gasteiger partial charge < -0.3 is 9.84 Å². The van der Waals surface area contributed by atoms with Crippen molar-refractivity contribution in [3.05, 3.63) is 77.4 Å². The van der Waals surface area contributed by atoms with Gasteiger partial charge in [0.05, 0.1) is 11.1 Å². The van der Waals surface area contributed by atoms with Gasteiger partial charge in [-0.15, -0.1) is 0 Å². The predicted octanol–water partition coefficient (Wildman–Crippen LogP) is 5.41. The van der Waals surface area contributed by atoms with Gasteiger partial charge in [0.15, 0.2) is 0 Å². The van der Waals surface area contributed by atoms with Crippen LogP contribution in [0.15, 0.2) is 60.7 Å². The first kappa shape index (κ1) is 17.3. The van der Waals surface area contributed by atoms with E-state index in [2.05, 4.69) is 18.2 Å². The Hall–Kier alpha value is -3.14. The molecular formula is C23H20O4. The molecule has 1 aliphatic carbocycles. The van der Waals surface area contributed by atoms with E-state index in [-0.39, 0.29) is 5.56 Å². The molecule has 0 saturated heterocycles. The zero-order valence-corrected chi connectivity index (χ0v) is 14.9. The molecule has 0 amide bonds. The third-order valence-electron chi connectivity index (χ3n) is 5.24. The van der Waals surface area contributed by atoms with E-state index in [9.17, 15) is 9.59 Å². The molecule has 1 saturated carbocycles. The fraction of sp³-hybridized carbons (Fsp3) is 0.217. The lowest BCUT2D eigenvalue weighted by Crippen LogP contribution is -2.08. The maximum atomic E-state index is 12.4. The molecule has 0 radical (unpaired) electrons. The average molecular weight is 360 g/mol. The van der Waals surface area contributed by atoms with Gasteiger partial charge in [0.25, 0.3) is 0 Å². The van der Waals surface area contributed by atoms with Crippen LogP contribution in [0.2, 0.25) is 0 Å². The molecule has 1 N–H and O–H groups in total. The minimum Gasteiger partial charge on any atom is -0.478 e. The molecule has 4 nitrogen and oxygen atoms in total. The Morgan fingerprint density at radius 3 is 2.15 bits per heavy atom. The van der Waals surface area contributed by atoms with Crippen molar-refractivity contribution in [1.29, 1.82) is 0 Å². The van der Waals surface area contributed by atoms with E-state index in [0.29, 0.717) is 17.2 Å². The second kappa shape index (κ2) is 7.23. The van der Waals surface area contributed by atoms with Gasteiger partial charge in [0.1, 0.15) is 5.75 Å². The van der Waals surface area contributed by atoms with Gasteiger partial charge in [0, 0.05) is 0 Å². The van der Waals surface area contributed by atoms with E-state index in [1.807, 2.05) is 12.1 Å². The van der Waals surface area contributed by atoms with E-state index >= 15 is 0 Å². The van der Waals surface area contributed by atoms with Crippen LogP contribution in [0.4, 0.5) is 0 Å². The van der Waals surface area contributed by atoms with Crippen molar-refractivity contribution < 1.29 is 19.4 Å². The molecule has 0 unspecified atom stereocenters. The molecule has 1 fully saturated rings. The normalized spacial score (nSPS) is 14.4. The summed E-state index contributed by atoms with van der Waals surface area (Å²) in [6.45, 7) is 0. The lowest BCUT2D eigenvalue weighted by Gasteiger charge is -2.11. The van der Waals surface area contributed by atoms with Gasteiger partial charge in [-0.25, -0.2) is 9.59 Å². The lowest BCUT2D eigenvalue weighted by molar-refractivity contribution is 0.0696. The standard InChI is InChI=1S/C23H20O4/c24-22(25)16-9-11-21(12-10-16)27-23(26)20-8-7-18-13-17(5-6-19(18)14-20)15-3-1-2-4-15/h5-15H,1-4H2,(H,24,25). The highest BCUT2D eigenvalue weighted by molar-refractivity contribution is 5.96. The number of esters is 1. The fourth-order valence-corrected chi connectivity index (χ4v) is 3.74. The van der Waals surface area contributed by atoms with Gasteiger partial charge in [-0.1, -0.05) is 37.1 Å². The minimum atomic E-state index is -1.01. The Morgan fingerprint density at radius 1 is 0.815 bits per heavy atom. The van der Waals surface area contributed by atoms with E-state index < -0.39 is 11.9 Å². The number of ether oxygens (including phenoxy) is 1. The Labute approximate surface area is 157 Å². The highest BCUT2D eigenvalue weighted by Crippen LogP contribution is 2.35. The molecule has 1 aliphatic rings. The number of hydrogen-bond donors (Lipinski definition) is 1. The quantitative estimate of drug-likeness (QED) is 0.499. The Kier molecular flexibility index (Phi) is 4.63. The number of benzene rings is 3. The van der Waals surface area contributed by atoms with Crippen LogP contribution in [0.5, 0.6) is 5.75 Å². The van der Waals surface area contributed by atoms with Crippen LogP contribution in [-0.4, -0.2) is 17.0 Å². The Balaban J connectivity index is 1.53. The van der Waals surface area contributed by atoms with Crippen molar-refractivity contribution in [2.24, 2.45) is 0 Å². The van der Waals surface area contributed by atoms with Crippen molar-refractivity contribution in [3.8, 4) is 5.75 Å². The van der Waals surface area contributed by atoms with Crippen LogP contribution >= 0.6 is 0 Å². The minimum absolute atomic E-state index is 0.151. The maximum absolute atomic E-state index is 12.4. The van der Waals surface area contributed by atoms with Gasteiger partial charge >= 0.3 is 11.9 Å². The molecule has 0 spiro atoms. The summed E-state index contributed by atoms with van der Waals surface area (Å²) in [5.41, 5.74) is 2.01. The van der Waals surface area contributed by atoms with E-state index in [0.717, 1.165) is 10.8 Å². The summed E-state index contributed by atoms with van der Waals surface area (Å²) in [5.74, 6) is -0.492.